The number of nitrogens with one attached hydrogen (secondary N) is 1. The van der Waals surface area contributed by atoms with Gasteiger partial charge in [-0.1, -0.05) is 12.1 Å². The van der Waals surface area contributed by atoms with Crippen LogP contribution in [0.1, 0.15) is 34.7 Å². The number of aromatic amines is 1. The van der Waals surface area contributed by atoms with Gasteiger partial charge in [-0.25, -0.2) is 0 Å². The third kappa shape index (κ3) is 1.17. The first kappa shape index (κ1) is 9.91. The SMILES string of the molecule is Cc1ccc(C)c2c3c([nH]c12)C(CN)CC3. The summed E-state index contributed by atoms with van der Waals surface area (Å²) in [6.07, 6.45) is 2.39. The van der Waals surface area contributed by atoms with Crippen molar-refractivity contribution in [2.45, 2.75) is 32.6 Å². The molecule has 0 fully saturated rings. The summed E-state index contributed by atoms with van der Waals surface area (Å²) in [4.78, 5) is 3.61. The van der Waals surface area contributed by atoms with Crippen molar-refractivity contribution in [2.75, 3.05) is 6.54 Å². The summed E-state index contributed by atoms with van der Waals surface area (Å²) in [5.74, 6) is 0.543. The summed E-state index contributed by atoms with van der Waals surface area (Å²) in [6, 6.07) is 4.42. The van der Waals surface area contributed by atoms with Gasteiger partial charge in [0.1, 0.15) is 0 Å². The molecule has 1 atom stereocenters. The lowest BCUT2D eigenvalue weighted by Crippen LogP contribution is -2.09. The lowest BCUT2D eigenvalue weighted by Gasteiger charge is -2.05. The minimum Gasteiger partial charge on any atom is -0.358 e. The highest BCUT2D eigenvalue weighted by Gasteiger charge is 2.26. The van der Waals surface area contributed by atoms with Crippen molar-refractivity contribution in [1.29, 1.82) is 0 Å². The number of rotatable bonds is 1. The normalized spacial score (nSPS) is 19.3. The van der Waals surface area contributed by atoms with E-state index in [1.807, 2.05) is 0 Å². The molecule has 0 saturated heterocycles. The van der Waals surface area contributed by atoms with Crippen LogP contribution < -0.4 is 5.73 Å². The van der Waals surface area contributed by atoms with E-state index in [2.05, 4.69) is 31.0 Å². The summed E-state index contributed by atoms with van der Waals surface area (Å²) in [5.41, 5.74) is 12.8. The highest BCUT2D eigenvalue weighted by Crippen LogP contribution is 2.39. The molecular formula is C14H18N2. The second-order valence-electron chi connectivity index (χ2n) is 4.94. The van der Waals surface area contributed by atoms with Crippen LogP contribution in [0, 0.1) is 13.8 Å². The van der Waals surface area contributed by atoms with E-state index in [0.717, 1.165) is 6.54 Å². The Morgan fingerprint density at radius 2 is 2.06 bits per heavy atom. The van der Waals surface area contributed by atoms with Crippen molar-refractivity contribution in [3.05, 3.63) is 34.5 Å². The zero-order valence-electron chi connectivity index (χ0n) is 9.93. The fourth-order valence-electron chi connectivity index (χ4n) is 3.01. The molecule has 2 heteroatoms. The van der Waals surface area contributed by atoms with Crippen LogP contribution in [0.25, 0.3) is 10.9 Å². The van der Waals surface area contributed by atoms with Gasteiger partial charge in [-0.05, 0) is 43.4 Å². The fourth-order valence-corrected chi connectivity index (χ4v) is 3.01. The van der Waals surface area contributed by atoms with Crippen LogP contribution in [0.5, 0.6) is 0 Å². The maximum absolute atomic E-state index is 5.83. The van der Waals surface area contributed by atoms with E-state index in [0.29, 0.717) is 5.92 Å². The minimum absolute atomic E-state index is 0.543. The number of nitrogens with two attached hydrogens (primary N) is 1. The Labute approximate surface area is 95.8 Å². The quantitative estimate of drug-likeness (QED) is 0.753. The van der Waals surface area contributed by atoms with E-state index in [4.69, 9.17) is 5.73 Å². The van der Waals surface area contributed by atoms with Crippen LogP contribution in [0.4, 0.5) is 0 Å². The van der Waals surface area contributed by atoms with E-state index in [1.54, 1.807) is 0 Å². The molecule has 1 heterocycles. The smallest absolute Gasteiger partial charge is 0.0491 e. The molecule has 0 aliphatic heterocycles. The van der Waals surface area contributed by atoms with Gasteiger partial charge in [-0.15, -0.1) is 0 Å². The molecular weight excluding hydrogens is 196 g/mol. The number of H-pyrrole nitrogens is 1. The average Bonchev–Trinajstić information content (AvgIpc) is 2.81. The molecule has 0 spiro atoms. The maximum Gasteiger partial charge on any atom is 0.0491 e. The van der Waals surface area contributed by atoms with Gasteiger partial charge in [0.25, 0.3) is 0 Å². The molecule has 84 valence electrons. The van der Waals surface area contributed by atoms with Crippen LogP contribution in [0.3, 0.4) is 0 Å². The van der Waals surface area contributed by atoms with Crippen molar-refractivity contribution in [3.63, 3.8) is 0 Å². The third-order valence-corrected chi connectivity index (χ3v) is 3.94. The minimum atomic E-state index is 0.543. The monoisotopic (exact) mass is 214 g/mol. The molecule has 0 bridgehead atoms. The number of aromatic nitrogens is 1. The Hall–Kier alpha value is -1.28. The lowest BCUT2D eigenvalue weighted by atomic mass is 10.0. The van der Waals surface area contributed by atoms with Gasteiger partial charge >= 0.3 is 0 Å². The Kier molecular flexibility index (Phi) is 2.08. The first-order valence-corrected chi connectivity index (χ1v) is 6.03. The predicted molar refractivity (Wildman–Crippen MR) is 67.9 cm³/mol. The molecule has 1 aliphatic carbocycles. The summed E-state index contributed by atoms with van der Waals surface area (Å²) < 4.78 is 0. The van der Waals surface area contributed by atoms with Crippen LogP contribution in [0.15, 0.2) is 12.1 Å². The first-order chi connectivity index (χ1) is 7.72. The molecule has 1 aromatic heterocycles. The molecule has 2 nitrogen and oxygen atoms in total. The van der Waals surface area contributed by atoms with E-state index < -0.39 is 0 Å². The van der Waals surface area contributed by atoms with Gasteiger partial charge in [0.05, 0.1) is 0 Å². The van der Waals surface area contributed by atoms with E-state index >= 15 is 0 Å². The number of hydrogen-bond donors (Lipinski definition) is 2. The van der Waals surface area contributed by atoms with E-state index in [9.17, 15) is 0 Å². The molecule has 2 aromatic rings. The largest absolute Gasteiger partial charge is 0.358 e. The predicted octanol–water partition coefficient (Wildman–Crippen LogP) is 2.77. The highest BCUT2D eigenvalue weighted by atomic mass is 14.8. The van der Waals surface area contributed by atoms with Crippen molar-refractivity contribution >= 4 is 10.9 Å². The zero-order valence-corrected chi connectivity index (χ0v) is 9.93. The van der Waals surface area contributed by atoms with Gasteiger partial charge in [0.2, 0.25) is 0 Å². The molecule has 1 unspecified atom stereocenters. The Morgan fingerprint density at radius 3 is 2.81 bits per heavy atom. The molecule has 1 aliphatic rings. The molecule has 0 radical (unpaired) electrons. The Bertz CT molecular complexity index is 551. The zero-order chi connectivity index (χ0) is 11.3. The van der Waals surface area contributed by atoms with E-state index in [1.165, 1.54) is 46.1 Å². The van der Waals surface area contributed by atoms with Crippen molar-refractivity contribution in [2.24, 2.45) is 5.73 Å². The van der Waals surface area contributed by atoms with E-state index in [-0.39, 0.29) is 0 Å². The molecule has 0 saturated carbocycles. The Balaban J connectivity index is 2.34. The maximum atomic E-state index is 5.83. The molecule has 1 aromatic carbocycles. The van der Waals surface area contributed by atoms with Gasteiger partial charge in [0.15, 0.2) is 0 Å². The van der Waals surface area contributed by atoms with Gasteiger partial charge < -0.3 is 10.7 Å². The summed E-state index contributed by atoms with van der Waals surface area (Å²) in [7, 11) is 0. The van der Waals surface area contributed by atoms with Crippen LogP contribution in [-0.4, -0.2) is 11.5 Å². The highest BCUT2D eigenvalue weighted by molar-refractivity contribution is 5.90. The lowest BCUT2D eigenvalue weighted by molar-refractivity contribution is 0.675. The number of fused-ring (bicyclic) bond motifs is 3. The van der Waals surface area contributed by atoms with Crippen LogP contribution >= 0.6 is 0 Å². The van der Waals surface area contributed by atoms with Crippen molar-refractivity contribution in [1.82, 2.24) is 4.98 Å². The van der Waals surface area contributed by atoms with Crippen LogP contribution in [-0.2, 0) is 6.42 Å². The van der Waals surface area contributed by atoms with Crippen LogP contribution in [0.2, 0.25) is 0 Å². The summed E-state index contributed by atoms with van der Waals surface area (Å²) >= 11 is 0. The fraction of sp³-hybridized carbons (Fsp3) is 0.429. The molecule has 0 amide bonds. The number of hydrogen-bond acceptors (Lipinski definition) is 1. The summed E-state index contributed by atoms with van der Waals surface area (Å²) in [5, 5.41) is 1.45. The topological polar surface area (TPSA) is 41.8 Å². The van der Waals surface area contributed by atoms with Crippen molar-refractivity contribution in [3.8, 4) is 0 Å². The van der Waals surface area contributed by atoms with Crippen molar-refractivity contribution < 1.29 is 0 Å². The second-order valence-corrected chi connectivity index (χ2v) is 4.94. The van der Waals surface area contributed by atoms with Gasteiger partial charge in [0, 0.05) is 29.1 Å². The number of benzene rings is 1. The first-order valence-electron chi connectivity index (χ1n) is 6.03. The Morgan fingerprint density at radius 1 is 1.31 bits per heavy atom. The molecule has 3 N–H and O–H groups in total. The molecule has 3 rings (SSSR count). The molecule has 16 heavy (non-hydrogen) atoms. The van der Waals surface area contributed by atoms with Gasteiger partial charge in [-0.3, -0.25) is 0 Å². The second kappa shape index (κ2) is 3.36. The standard InChI is InChI=1S/C14H18N2/c1-8-3-4-9(2)13-12(8)11-6-5-10(7-15)14(11)16-13/h3-4,10,16H,5-7,15H2,1-2H3. The summed E-state index contributed by atoms with van der Waals surface area (Å²) in [6.45, 7) is 5.13. The van der Waals surface area contributed by atoms with Gasteiger partial charge in [-0.2, -0.15) is 0 Å². The average molecular weight is 214 g/mol. The number of aryl methyl sites for hydroxylation is 3. The third-order valence-electron chi connectivity index (χ3n) is 3.94.